The Hall–Kier alpha value is -1.82. The van der Waals surface area contributed by atoms with Gasteiger partial charge in [-0.25, -0.2) is 9.97 Å². The van der Waals surface area contributed by atoms with Gasteiger partial charge in [-0.2, -0.15) is 0 Å². The van der Waals surface area contributed by atoms with E-state index in [1.165, 1.54) is 77.0 Å². The number of hydrogen-bond donors (Lipinski definition) is 6. The third-order valence-corrected chi connectivity index (χ3v) is 8.16. The number of anilines is 3. The minimum Gasteiger partial charge on any atom is -0.388 e. The Labute approximate surface area is 239 Å². The summed E-state index contributed by atoms with van der Waals surface area (Å²) in [6.07, 6.45) is 17.4. The number of aliphatic hydroxyl groups excluding tert-OH is 2. The van der Waals surface area contributed by atoms with Crippen LogP contribution in [0.1, 0.15) is 103 Å². The Morgan fingerprint density at radius 2 is 1.74 bits per heavy atom. The van der Waals surface area contributed by atoms with Gasteiger partial charge in [0.05, 0.1) is 18.8 Å². The van der Waals surface area contributed by atoms with E-state index in [2.05, 4.69) is 40.2 Å². The molecule has 222 valence electrons. The number of nitrogens with one attached hydrogen (secondary N) is 2. The number of nitrogens with two attached hydrogens (primary N) is 1. The summed E-state index contributed by atoms with van der Waals surface area (Å²) in [4.78, 5) is 22.8. The van der Waals surface area contributed by atoms with E-state index >= 15 is 0 Å². The van der Waals surface area contributed by atoms with Crippen molar-refractivity contribution in [1.82, 2.24) is 15.3 Å². The number of unbranched alkanes of at least 4 members (excludes halogenated alkanes) is 12. The van der Waals surface area contributed by atoms with Crippen LogP contribution in [0.3, 0.4) is 0 Å². The topological polar surface area (TPSA) is 146 Å². The van der Waals surface area contributed by atoms with Crippen molar-refractivity contribution in [3.63, 3.8) is 0 Å². The number of thiol groups is 1. The molecule has 3 rings (SSSR count). The summed E-state index contributed by atoms with van der Waals surface area (Å²) in [5, 5.41) is 27.0. The highest BCUT2D eigenvalue weighted by Gasteiger charge is 2.48. The molecule has 1 aromatic heterocycles. The number of aromatic nitrogens is 2. The van der Waals surface area contributed by atoms with Gasteiger partial charge in [0, 0.05) is 18.9 Å². The molecule has 0 aromatic carbocycles. The van der Waals surface area contributed by atoms with Crippen LogP contribution in [0.25, 0.3) is 0 Å². The first-order chi connectivity index (χ1) is 18.9. The molecule has 0 radical (unpaired) electrons. The quantitative estimate of drug-likeness (QED) is 0.0824. The summed E-state index contributed by atoms with van der Waals surface area (Å²) in [5.74, 6) is 0.801. The zero-order chi connectivity index (χ0) is 28.0. The molecule has 39 heavy (non-hydrogen) atoms. The van der Waals surface area contributed by atoms with Crippen molar-refractivity contribution in [2.24, 2.45) is 5.92 Å². The minimum absolute atomic E-state index is 0.00915. The van der Waals surface area contributed by atoms with Gasteiger partial charge in [-0.05, 0) is 12.8 Å². The maximum atomic E-state index is 12.5. The molecule has 2 heterocycles. The first-order valence-corrected chi connectivity index (χ1v) is 15.5. The van der Waals surface area contributed by atoms with Gasteiger partial charge in [0.15, 0.2) is 11.6 Å². The maximum absolute atomic E-state index is 12.5. The molecule has 0 saturated heterocycles. The molecule has 1 aromatic rings. The van der Waals surface area contributed by atoms with E-state index in [1.807, 2.05) is 4.90 Å². The van der Waals surface area contributed by atoms with Crippen LogP contribution in [-0.2, 0) is 9.53 Å². The molecule has 2 unspecified atom stereocenters. The Balaban J connectivity index is 1.33. The number of ether oxygens (including phenoxy) is 1. The lowest BCUT2D eigenvalue weighted by atomic mass is 10.0. The second-order valence-corrected chi connectivity index (χ2v) is 11.5. The van der Waals surface area contributed by atoms with Crippen LogP contribution >= 0.6 is 12.6 Å². The van der Waals surface area contributed by atoms with E-state index in [0.29, 0.717) is 43.4 Å². The number of carbonyl (C=O) groups excluding carboxylic acids is 1. The van der Waals surface area contributed by atoms with Gasteiger partial charge < -0.3 is 36.2 Å². The van der Waals surface area contributed by atoms with Gasteiger partial charge in [-0.1, -0.05) is 84.0 Å². The number of fused-ring (bicyclic) bond motifs is 1. The molecule has 11 heteroatoms. The van der Waals surface area contributed by atoms with Crippen molar-refractivity contribution >= 4 is 35.9 Å². The van der Waals surface area contributed by atoms with E-state index in [4.69, 9.17) is 10.5 Å². The molecule has 10 nitrogen and oxygen atoms in total. The number of aliphatic hydroxyl groups is 2. The van der Waals surface area contributed by atoms with Gasteiger partial charge >= 0.3 is 0 Å². The van der Waals surface area contributed by atoms with Crippen molar-refractivity contribution in [1.29, 1.82) is 0 Å². The zero-order valence-corrected chi connectivity index (χ0v) is 24.5. The lowest BCUT2D eigenvalue weighted by Gasteiger charge is -2.29. The Bertz CT molecular complexity index is 863. The fourth-order valence-corrected chi connectivity index (χ4v) is 5.99. The summed E-state index contributed by atoms with van der Waals surface area (Å²) >= 11 is 3.95. The Morgan fingerprint density at radius 3 is 2.36 bits per heavy atom. The number of rotatable bonds is 19. The number of nitrogen functional groups attached to an aromatic ring is 1. The molecular weight excluding hydrogens is 516 g/mol. The second kappa shape index (κ2) is 17.1. The fourth-order valence-electron chi connectivity index (χ4n) is 5.85. The number of hydrogen-bond acceptors (Lipinski definition) is 10. The normalized spacial score (nSPS) is 23.0. The van der Waals surface area contributed by atoms with Crippen LogP contribution in [-0.4, -0.2) is 63.2 Å². The largest absolute Gasteiger partial charge is 0.388 e. The smallest absolute Gasteiger partial charge is 0.220 e. The standard InChI is InChI=1S/C28H50N6O4S/c1-2-3-4-5-6-7-8-9-10-11-12-13-14-15-22(35)30-17-20-16-21(24(36)25(20)38-28(37)39)34-19-33-23-26(29)31-18-32-27(23)34/h18,20-21,24-25,28,33,36-37,39H,2-17,19H2,1H3,(H,30,35)(H2,29,31,32)/t20-,21-,24-,25?,28?/m1/s1. The van der Waals surface area contributed by atoms with E-state index < -0.39 is 17.8 Å². The number of amides is 1. The van der Waals surface area contributed by atoms with Gasteiger partial charge in [-0.3, -0.25) is 4.79 Å². The fraction of sp³-hybridized carbons (Fsp3) is 0.821. The average molecular weight is 567 g/mol. The highest BCUT2D eigenvalue weighted by molar-refractivity contribution is 7.80. The number of carbonyl (C=O) groups is 1. The first kappa shape index (κ1) is 31.7. The van der Waals surface area contributed by atoms with Gasteiger partial charge in [-0.15, -0.1) is 12.6 Å². The summed E-state index contributed by atoms with van der Waals surface area (Å²) in [6.45, 7) is 3.04. The van der Waals surface area contributed by atoms with Crippen LogP contribution in [0.4, 0.5) is 17.3 Å². The maximum Gasteiger partial charge on any atom is 0.220 e. The highest BCUT2D eigenvalue weighted by Crippen LogP contribution is 2.40. The van der Waals surface area contributed by atoms with Gasteiger partial charge in [0.2, 0.25) is 11.5 Å². The third-order valence-electron chi connectivity index (χ3n) is 8.04. The van der Waals surface area contributed by atoms with Crippen molar-refractivity contribution in [3.05, 3.63) is 6.33 Å². The number of nitrogens with zero attached hydrogens (tertiary/aromatic N) is 3. The predicted octanol–water partition coefficient (Wildman–Crippen LogP) is 4.19. The lowest BCUT2D eigenvalue weighted by Crippen LogP contribution is -2.45. The van der Waals surface area contributed by atoms with Crippen LogP contribution in [0.5, 0.6) is 0 Å². The summed E-state index contributed by atoms with van der Waals surface area (Å²) in [5.41, 5.74) is 5.28. The average Bonchev–Trinajstić information content (AvgIpc) is 3.47. The van der Waals surface area contributed by atoms with E-state index in [1.54, 1.807) is 0 Å². The Morgan fingerprint density at radius 1 is 1.13 bits per heavy atom. The van der Waals surface area contributed by atoms with Crippen molar-refractivity contribution < 1.29 is 19.7 Å². The first-order valence-electron chi connectivity index (χ1n) is 15.0. The van der Waals surface area contributed by atoms with E-state index in [9.17, 15) is 15.0 Å². The molecule has 1 amide bonds. The molecule has 2 aliphatic rings. The summed E-state index contributed by atoms with van der Waals surface area (Å²) in [7, 11) is 0. The molecule has 1 aliphatic carbocycles. The Kier molecular flexibility index (Phi) is 13.9. The van der Waals surface area contributed by atoms with Crippen LogP contribution in [0, 0.1) is 5.92 Å². The summed E-state index contributed by atoms with van der Waals surface area (Å²) < 4.78 is 5.57. The van der Waals surface area contributed by atoms with Crippen LogP contribution < -0.4 is 21.3 Å². The predicted molar refractivity (Wildman–Crippen MR) is 159 cm³/mol. The summed E-state index contributed by atoms with van der Waals surface area (Å²) in [6, 6.07) is -0.326. The molecule has 1 saturated carbocycles. The second-order valence-electron chi connectivity index (χ2n) is 11.0. The van der Waals surface area contributed by atoms with E-state index in [-0.39, 0.29) is 17.9 Å². The van der Waals surface area contributed by atoms with Crippen molar-refractivity contribution in [3.8, 4) is 0 Å². The highest BCUT2D eigenvalue weighted by atomic mass is 32.1. The monoisotopic (exact) mass is 566 g/mol. The molecular formula is C28H50N6O4S. The van der Waals surface area contributed by atoms with Crippen LogP contribution in [0.15, 0.2) is 6.33 Å². The zero-order valence-electron chi connectivity index (χ0n) is 23.6. The molecule has 5 atom stereocenters. The molecule has 1 aliphatic heterocycles. The van der Waals surface area contributed by atoms with Crippen molar-refractivity contribution in [2.75, 3.05) is 29.2 Å². The van der Waals surface area contributed by atoms with E-state index in [0.717, 1.165) is 12.8 Å². The SMILES string of the molecule is CCCCCCCCCCCCCCCC(=O)NC[C@H]1C[C@@H](N2CNc3c(N)ncnc32)[C@@H](O)C1OC(O)S. The lowest BCUT2D eigenvalue weighted by molar-refractivity contribution is -0.127. The molecule has 6 N–H and O–H groups in total. The van der Waals surface area contributed by atoms with Crippen LogP contribution in [0.2, 0.25) is 0 Å². The van der Waals surface area contributed by atoms with Gasteiger partial charge in [0.1, 0.15) is 18.1 Å². The third kappa shape index (κ3) is 9.95. The van der Waals surface area contributed by atoms with Crippen molar-refractivity contribution in [2.45, 2.75) is 127 Å². The minimum atomic E-state index is -1.32. The van der Waals surface area contributed by atoms with Gasteiger partial charge in [0.25, 0.3) is 0 Å². The molecule has 1 fully saturated rings. The molecule has 0 bridgehead atoms. The molecule has 0 spiro atoms.